The lowest BCUT2D eigenvalue weighted by atomic mass is 10.1. The highest BCUT2D eigenvalue weighted by molar-refractivity contribution is 7.15. The molecular weight excluding hydrogens is 400 g/mol. The van der Waals surface area contributed by atoms with Crippen molar-refractivity contribution in [1.82, 2.24) is 14.3 Å². The van der Waals surface area contributed by atoms with Gasteiger partial charge in [0.1, 0.15) is 6.54 Å². The van der Waals surface area contributed by atoms with Gasteiger partial charge in [-0.25, -0.2) is 4.98 Å². The Kier molecular flexibility index (Phi) is 4.22. The standard InChI is InChI=1S/C22H16N4O3S/c1-13-2-7-16-17(10-13)21(29)26(20(16)28)12-19(27)23-15-5-3-14(4-6-15)18-11-25-8-9-30-22(25)24-18/h2-11H,12H2,1H3,(H,23,27). The van der Waals surface area contributed by atoms with Crippen LogP contribution in [0.2, 0.25) is 0 Å². The molecular formula is C22H16N4O3S. The summed E-state index contributed by atoms with van der Waals surface area (Å²) in [6.45, 7) is 1.52. The van der Waals surface area contributed by atoms with Crippen LogP contribution in [0.5, 0.6) is 0 Å². The minimum Gasteiger partial charge on any atom is -0.325 e. The minimum atomic E-state index is -0.444. The van der Waals surface area contributed by atoms with Crippen molar-refractivity contribution in [3.05, 3.63) is 76.9 Å². The molecule has 0 saturated heterocycles. The number of nitrogens with one attached hydrogen (secondary N) is 1. The second-order valence-electron chi connectivity index (χ2n) is 7.09. The maximum Gasteiger partial charge on any atom is 0.262 e. The normalized spacial score (nSPS) is 13.2. The molecule has 0 saturated carbocycles. The van der Waals surface area contributed by atoms with E-state index in [0.29, 0.717) is 16.8 Å². The topological polar surface area (TPSA) is 83.8 Å². The third kappa shape index (κ3) is 3.07. The largest absolute Gasteiger partial charge is 0.325 e. The summed E-state index contributed by atoms with van der Waals surface area (Å²) in [4.78, 5) is 43.9. The Morgan fingerprint density at radius 2 is 1.83 bits per heavy atom. The molecule has 1 N–H and O–H groups in total. The van der Waals surface area contributed by atoms with Crippen LogP contribution in [0.1, 0.15) is 26.3 Å². The van der Waals surface area contributed by atoms with Gasteiger partial charge in [0.25, 0.3) is 11.8 Å². The second-order valence-corrected chi connectivity index (χ2v) is 7.96. The van der Waals surface area contributed by atoms with E-state index in [1.807, 2.05) is 41.2 Å². The molecule has 0 aliphatic carbocycles. The number of fused-ring (bicyclic) bond motifs is 2. The number of nitrogens with zero attached hydrogens (tertiary/aromatic N) is 3. The summed E-state index contributed by atoms with van der Waals surface area (Å²) >= 11 is 1.56. The molecule has 8 heteroatoms. The van der Waals surface area contributed by atoms with Gasteiger partial charge in [0.2, 0.25) is 5.91 Å². The summed E-state index contributed by atoms with van der Waals surface area (Å²) in [5.74, 6) is -1.32. The maximum absolute atomic E-state index is 12.5. The van der Waals surface area contributed by atoms with Crippen molar-refractivity contribution in [3.63, 3.8) is 0 Å². The van der Waals surface area contributed by atoms with E-state index < -0.39 is 17.7 Å². The van der Waals surface area contributed by atoms with Crippen LogP contribution in [0.15, 0.2) is 60.2 Å². The molecule has 148 valence electrons. The molecule has 0 bridgehead atoms. The Balaban J connectivity index is 1.27. The number of anilines is 1. The van der Waals surface area contributed by atoms with Gasteiger partial charge in [-0.1, -0.05) is 23.8 Å². The molecule has 0 spiro atoms. The Bertz CT molecular complexity index is 1290. The number of imide groups is 1. The van der Waals surface area contributed by atoms with Gasteiger partial charge in [-0.15, -0.1) is 11.3 Å². The smallest absolute Gasteiger partial charge is 0.262 e. The lowest BCUT2D eigenvalue weighted by Crippen LogP contribution is -2.37. The van der Waals surface area contributed by atoms with Crippen molar-refractivity contribution in [2.24, 2.45) is 0 Å². The molecule has 7 nitrogen and oxygen atoms in total. The van der Waals surface area contributed by atoms with E-state index in [1.165, 1.54) is 0 Å². The molecule has 0 atom stereocenters. The minimum absolute atomic E-state index is 0.329. The third-order valence-corrected chi connectivity index (χ3v) is 5.76. The van der Waals surface area contributed by atoms with E-state index in [1.54, 1.807) is 41.7 Å². The van der Waals surface area contributed by atoms with Crippen molar-refractivity contribution in [2.45, 2.75) is 6.92 Å². The fraction of sp³-hybridized carbons (Fsp3) is 0.0909. The van der Waals surface area contributed by atoms with E-state index in [4.69, 9.17) is 0 Å². The van der Waals surface area contributed by atoms with Crippen molar-refractivity contribution in [2.75, 3.05) is 11.9 Å². The van der Waals surface area contributed by atoms with E-state index in [-0.39, 0.29) is 6.54 Å². The van der Waals surface area contributed by atoms with Gasteiger partial charge in [0.05, 0.1) is 16.8 Å². The van der Waals surface area contributed by atoms with Crippen LogP contribution in [0.4, 0.5) is 5.69 Å². The fourth-order valence-corrected chi connectivity index (χ4v) is 4.18. The molecule has 1 aliphatic heterocycles. The zero-order valence-electron chi connectivity index (χ0n) is 16.0. The van der Waals surface area contributed by atoms with Gasteiger partial charge < -0.3 is 5.32 Å². The SMILES string of the molecule is Cc1ccc2c(c1)C(=O)N(CC(=O)Nc1ccc(-c3cn4ccsc4n3)cc1)C2=O. The molecule has 30 heavy (non-hydrogen) atoms. The van der Waals surface area contributed by atoms with Gasteiger partial charge in [-0.3, -0.25) is 23.7 Å². The number of imidazole rings is 1. The zero-order chi connectivity index (χ0) is 20.8. The number of aromatic nitrogens is 2. The molecule has 0 radical (unpaired) electrons. The van der Waals surface area contributed by atoms with Crippen LogP contribution >= 0.6 is 11.3 Å². The molecule has 5 rings (SSSR count). The fourth-order valence-electron chi connectivity index (χ4n) is 3.48. The summed E-state index contributed by atoms with van der Waals surface area (Å²) < 4.78 is 1.96. The number of amides is 3. The predicted molar refractivity (Wildman–Crippen MR) is 114 cm³/mol. The molecule has 2 aromatic heterocycles. The molecule has 0 fully saturated rings. The van der Waals surface area contributed by atoms with Gasteiger partial charge in [-0.05, 0) is 31.2 Å². The quantitative estimate of drug-likeness (QED) is 0.515. The highest BCUT2D eigenvalue weighted by Crippen LogP contribution is 2.25. The predicted octanol–water partition coefficient (Wildman–Crippen LogP) is 3.61. The number of carbonyl (C=O) groups excluding carboxylic acids is 3. The number of thiazole rings is 1. The number of aryl methyl sites for hydroxylation is 1. The van der Waals surface area contributed by atoms with Crippen molar-refractivity contribution < 1.29 is 14.4 Å². The number of hydrogen-bond donors (Lipinski definition) is 1. The molecule has 3 heterocycles. The van der Waals surface area contributed by atoms with Crippen LogP contribution < -0.4 is 5.32 Å². The summed E-state index contributed by atoms with van der Waals surface area (Å²) in [5, 5.41) is 4.71. The van der Waals surface area contributed by atoms with Crippen LogP contribution in [0, 0.1) is 6.92 Å². The van der Waals surface area contributed by atoms with Gasteiger partial charge in [0.15, 0.2) is 4.96 Å². The maximum atomic E-state index is 12.5. The summed E-state index contributed by atoms with van der Waals surface area (Å²) in [6, 6.07) is 12.4. The van der Waals surface area contributed by atoms with E-state index in [2.05, 4.69) is 10.3 Å². The molecule has 4 aromatic rings. The molecule has 2 aromatic carbocycles. The zero-order valence-corrected chi connectivity index (χ0v) is 16.8. The first-order valence-electron chi connectivity index (χ1n) is 9.29. The molecule has 0 unspecified atom stereocenters. The van der Waals surface area contributed by atoms with E-state index in [0.717, 1.165) is 26.7 Å². The van der Waals surface area contributed by atoms with Gasteiger partial charge in [-0.2, -0.15) is 0 Å². The number of hydrogen-bond acceptors (Lipinski definition) is 5. The third-order valence-electron chi connectivity index (χ3n) is 4.99. The summed E-state index contributed by atoms with van der Waals surface area (Å²) in [6.07, 6.45) is 3.90. The second kappa shape index (κ2) is 6.93. The summed E-state index contributed by atoms with van der Waals surface area (Å²) in [5.41, 5.74) is 3.93. The lowest BCUT2D eigenvalue weighted by Gasteiger charge is -2.13. The highest BCUT2D eigenvalue weighted by Gasteiger charge is 2.36. The van der Waals surface area contributed by atoms with Gasteiger partial charge in [0, 0.05) is 29.0 Å². The Labute approximate surface area is 175 Å². The van der Waals surface area contributed by atoms with E-state index >= 15 is 0 Å². The van der Waals surface area contributed by atoms with Crippen molar-refractivity contribution >= 4 is 39.7 Å². The summed E-state index contributed by atoms with van der Waals surface area (Å²) in [7, 11) is 0. The highest BCUT2D eigenvalue weighted by atomic mass is 32.1. The van der Waals surface area contributed by atoms with Crippen LogP contribution in [-0.2, 0) is 4.79 Å². The van der Waals surface area contributed by atoms with Gasteiger partial charge >= 0.3 is 0 Å². The average molecular weight is 416 g/mol. The number of carbonyl (C=O) groups is 3. The number of rotatable bonds is 4. The molecule has 1 aliphatic rings. The molecule has 3 amide bonds. The Morgan fingerprint density at radius 1 is 1.07 bits per heavy atom. The van der Waals surface area contributed by atoms with Crippen molar-refractivity contribution in [3.8, 4) is 11.3 Å². The first-order valence-corrected chi connectivity index (χ1v) is 10.2. The average Bonchev–Trinajstić information content (AvgIpc) is 3.39. The first kappa shape index (κ1) is 18.3. The van der Waals surface area contributed by atoms with Crippen LogP contribution in [0.3, 0.4) is 0 Å². The number of benzene rings is 2. The monoisotopic (exact) mass is 416 g/mol. The Hall–Kier alpha value is -3.78. The lowest BCUT2D eigenvalue weighted by molar-refractivity contribution is -0.116. The van der Waals surface area contributed by atoms with Crippen LogP contribution in [0.25, 0.3) is 16.2 Å². The first-order chi connectivity index (χ1) is 14.5. The van der Waals surface area contributed by atoms with Crippen LogP contribution in [-0.4, -0.2) is 38.6 Å². The van der Waals surface area contributed by atoms with Crippen molar-refractivity contribution in [1.29, 1.82) is 0 Å². The van der Waals surface area contributed by atoms with E-state index in [9.17, 15) is 14.4 Å². The Morgan fingerprint density at radius 3 is 2.60 bits per heavy atom.